The molecule has 0 N–H and O–H groups in total. The monoisotopic (exact) mass is 292 g/mol. The van der Waals surface area contributed by atoms with Crippen molar-refractivity contribution in [3.63, 3.8) is 0 Å². The summed E-state index contributed by atoms with van der Waals surface area (Å²) in [5.41, 5.74) is 0. The molecule has 4 heteroatoms. The Hall–Kier alpha value is 2.38. The van der Waals surface area contributed by atoms with Crippen LogP contribution in [0.3, 0.4) is 0 Å². The van der Waals surface area contributed by atoms with E-state index >= 15 is 0 Å². The van der Waals surface area contributed by atoms with E-state index in [1.807, 2.05) is 0 Å². The normalized spacial score (nSPS) is 0. The molecule has 0 aliphatic carbocycles. The maximum absolute atomic E-state index is 0. The third-order valence-electron chi connectivity index (χ3n) is 0. The predicted octanol–water partition coefficient (Wildman–Crippen LogP) is -0.0100. The van der Waals surface area contributed by atoms with E-state index in [1.165, 1.54) is 0 Å². The van der Waals surface area contributed by atoms with Crippen LogP contribution in [0, 0.1) is 0 Å². The molecule has 0 aliphatic heterocycles. The van der Waals surface area contributed by atoms with E-state index in [4.69, 9.17) is 0 Å². The molecule has 0 saturated heterocycles. The molecule has 0 spiro atoms. The molecule has 34 valence electrons. The van der Waals surface area contributed by atoms with Gasteiger partial charge in [0.25, 0.3) is 0 Å². The molecule has 0 aromatic rings. The van der Waals surface area contributed by atoms with Gasteiger partial charge in [-0.15, -0.1) is 0 Å². The van der Waals surface area contributed by atoms with Gasteiger partial charge in [0.1, 0.15) is 0 Å². The minimum atomic E-state index is 0. The molecule has 0 amide bonds. The molecule has 0 unspecified atom stereocenters. The zero-order valence-electron chi connectivity index (χ0n) is 1.63. The summed E-state index contributed by atoms with van der Waals surface area (Å²) in [6, 6.07) is 0. The van der Waals surface area contributed by atoms with Gasteiger partial charge in [-0.25, -0.2) is 0 Å². The summed E-state index contributed by atoms with van der Waals surface area (Å²) >= 11 is 0. The summed E-state index contributed by atoms with van der Waals surface area (Å²) in [7, 11) is 0. The molecule has 0 heterocycles. The minimum absolute atomic E-state index is 0. The number of rotatable bonds is 0. The molecule has 0 atom stereocenters. The van der Waals surface area contributed by atoms with E-state index in [2.05, 4.69) is 0 Å². The second-order valence-corrected chi connectivity index (χ2v) is 0. The van der Waals surface area contributed by atoms with Gasteiger partial charge in [0.15, 0.2) is 0 Å². The van der Waals surface area contributed by atoms with Crippen LogP contribution >= 0.6 is 0 Å². The van der Waals surface area contributed by atoms with Crippen LogP contribution < -0.4 is 0 Å². The Bertz CT molecular complexity index is 8.00. The molecule has 0 rings (SSSR count). The summed E-state index contributed by atoms with van der Waals surface area (Å²) in [4.78, 5) is 0. The summed E-state index contributed by atoms with van der Waals surface area (Å²) < 4.78 is 0. The van der Waals surface area contributed by atoms with E-state index in [1.54, 1.807) is 0 Å². The molecule has 0 fully saturated rings. The summed E-state index contributed by atoms with van der Waals surface area (Å²) in [5.74, 6) is 0. The van der Waals surface area contributed by atoms with Gasteiger partial charge < -0.3 is 0 Å². The molecule has 0 aromatic carbocycles. The largest absolute Gasteiger partial charge is 0 e. The van der Waals surface area contributed by atoms with Crippen molar-refractivity contribution in [2.75, 3.05) is 0 Å². The third-order valence-corrected chi connectivity index (χ3v) is 0. The van der Waals surface area contributed by atoms with Gasteiger partial charge >= 0.3 is 0 Å². The van der Waals surface area contributed by atoms with Crippen LogP contribution in [0.2, 0.25) is 0 Å². The van der Waals surface area contributed by atoms with E-state index < -0.39 is 0 Å². The Morgan fingerprint density at radius 1 is 1.00 bits per heavy atom. The molecule has 0 aliphatic rings. The van der Waals surface area contributed by atoms with Crippen molar-refractivity contribution in [1.82, 2.24) is 0 Å². The molecule has 4 heavy (non-hydrogen) atoms. The first-order chi connectivity index (χ1) is 0. The fraction of sp³-hybridized carbons (Fsp3) is 0. The fourth-order valence-corrected chi connectivity index (χ4v) is 0. The van der Waals surface area contributed by atoms with Crippen LogP contribution in [0.15, 0.2) is 0 Å². The molecular formula is AgCuNiZn. The van der Waals surface area contributed by atoms with E-state index in [-0.39, 0.29) is 75.4 Å². The second kappa shape index (κ2) is 18.2. The van der Waals surface area contributed by atoms with Crippen molar-refractivity contribution in [3.8, 4) is 0 Å². The predicted molar refractivity (Wildman–Crippen MR) is 0 cm³/mol. The van der Waals surface area contributed by atoms with E-state index in [0.29, 0.717) is 0 Å². The van der Waals surface area contributed by atoms with E-state index in [0.717, 1.165) is 0 Å². The van der Waals surface area contributed by atoms with Crippen molar-refractivity contribution in [2.24, 2.45) is 0 Å². The SMILES string of the molecule is [Ag].[Cu].[Ni].[Zn]. The smallest absolute Gasteiger partial charge is 0 e. The third kappa shape index (κ3) is 8.83. The van der Waals surface area contributed by atoms with Crippen LogP contribution in [0.1, 0.15) is 0 Å². The summed E-state index contributed by atoms with van der Waals surface area (Å²) in [6.45, 7) is 0. The average molecular weight is 295 g/mol. The van der Waals surface area contributed by atoms with Gasteiger partial charge in [0, 0.05) is 75.4 Å². The first-order valence-electron chi connectivity index (χ1n) is 0. The summed E-state index contributed by atoms with van der Waals surface area (Å²) in [6.07, 6.45) is 0. The Morgan fingerprint density at radius 3 is 1.00 bits per heavy atom. The molecular weight excluding hydrogens is 295 g/mol. The van der Waals surface area contributed by atoms with Gasteiger partial charge in [0.2, 0.25) is 0 Å². The first-order valence-corrected chi connectivity index (χ1v) is 0. The summed E-state index contributed by atoms with van der Waals surface area (Å²) in [5, 5.41) is 0. The second-order valence-electron chi connectivity index (χ2n) is 0. The van der Waals surface area contributed by atoms with Gasteiger partial charge in [-0.3, -0.25) is 0 Å². The zero-order chi connectivity index (χ0) is 0. The molecule has 0 bridgehead atoms. The molecule has 0 nitrogen and oxygen atoms in total. The van der Waals surface area contributed by atoms with Crippen molar-refractivity contribution in [2.45, 2.75) is 0 Å². The first kappa shape index (κ1) is 32.6. The Morgan fingerprint density at radius 2 is 1.00 bits per heavy atom. The van der Waals surface area contributed by atoms with Gasteiger partial charge in [0.05, 0.1) is 0 Å². The van der Waals surface area contributed by atoms with Gasteiger partial charge in [-0.2, -0.15) is 0 Å². The zero-order valence-corrected chi connectivity index (χ0v) is 8.01. The van der Waals surface area contributed by atoms with Crippen molar-refractivity contribution in [3.05, 3.63) is 0 Å². The quantitative estimate of drug-likeness (QED) is 0.552. The molecule has 0 aromatic heterocycles. The van der Waals surface area contributed by atoms with Crippen molar-refractivity contribution < 1.29 is 75.4 Å². The number of hydrogen-bond acceptors (Lipinski definition) is 0. The topological polar surface area (TPSA) is 0 Å². The average Bonchev–Trinajstić information content (AvgIpc) is 0. The molecule has 0 saturated carbocycles. The minimum Gasteiger partial charge on any atom is 0 e. The fourth-order valence-electron chi connectivity index (χ4n) is 0. The van der Waals surface area contributed by atoms with E-state index in [9.17, 15) is 0 Å². The van der Waals surface area contributed by atoms with Crippen LogP contribution in [0.4, 0.5) is 0 Å². The maximum atomic E-state index is 0. The standard InChI is InChI=1S/Ag.Cu.Ni.Zn. The van der Waals surface area contributed by atoms with Crippen LogP contribution in [-0.4, -0.2) is 0 Å². The number of hydrogen-bond donors (Lipinski definition) is 0. The van der Waals surface area contributed by atoms with Gasteiger partial charge in [-0.1, -0.05) is 0 Å². The maximum Gasteiger partial charge on any atom is 0 e. The van der Waals surface area contributed by atoms with Crippen LogP contribution in [-0.2, 0) is 75.4 Å². The van der Waals surface area contributed by atoms with Crippen LogP contribution in [0.5, 0.6) is 0 Å². The van der Waals surface area contributed by atoms with Crippen molar-refractivity contribution >= 4 is 0 Å². The van der Waals surface area contributed by atoms with Crippen molar-refractivity contribution in [1.29, 1.82) is 0 Å². The van der Waals surface area contributed by atoms with Crippen LogP contribution in [0.25, 0.3) is 0 Å². The Balaban J connectivity index is 0. The Kier molecular flexibility index (Phi) is 149. The Labute approximate surface area is 74.5 Å². The van der Waals surface area contributed by atoms with Gasteiger partial charge in [-0.05, 0) is 0 Å². The molecule has 2 radical (unpaired) electrons.